The molecule has 1 rings (SSSR count). The van der Waals surface area contributed by atoms with Crippen LogP contribution in [0, 0.1) is 5.92 Å². The average molecular weight is 627 g/mol. The number of Topliss-reactive ketones (excluding diaryl/α,β-unsaturated/α-hetero) is 1. The predicted octanol–water partition coefficient (Wildman–Crippen LogP) is 0.0408. The lowest BCUT2D eigenvalue weighted by molar-refractivity contribution is -0.141. The Morgan fingerprint density at radius 1 is 0.818 bits per heavy atom. The van der Waals surface area contributed by atoms with Crippen molar-refractivity contribution in [3.05, 3.63) is 35.9 Å². The number of hydrogen-bond donors (Lipinski definition) is 7. The summed E-state index contributed by atoms with van der Waals surface area (Å²) < 4.78 is 18.1. The SMILES string of the molecule is CC[C@H](C)[C@H](NC(=O)OCc1ccccc1)C(=O)N[C@@H](CCC(=O)O)C(=O)N[C@H](C(=O)N[C@@H](CC(=O)O)C(=O)CF)[C@@H](C)O. The molecule has 0 aliphatic heterocycles. The van der Waals surface area contributed by atoms with Crippen LogP contribution in [0.5, 0.6) is 0 Å². The van der Waals surface area contributed by atoms with Crippen molar-refractivity contribution < 1.29 is 58.0 Å². The van der Waals surface area contributed by atoms with E-state index >= 15 is 0 Å². The fourth-order valence-electron chi connectivity index (χ4n) is 3.83. The van der Waals surface area contributed by atoms with Crippen LogP contribution in [-0.4, -0.2) is 93.8 Å². The molecule has 0 aliphatic rings. The number of ether oxygens (including phenoxy) is 1. The molecule has 15 nitrogen and oxygen atoms in total. The third-order valence-electron chi connectivity index (χ3n) is 6.54. The van der Waals surface area contributed by atoms with Crippen LogP contribution in [0.25, 0.3) is 0 Å². The lowest BCUT2D eigenvalue weighted by Crippen LogP contribution is -2.60. The van der Waals surface area contributed by atoms with Gasteiger partial charge in [0.1, 0.15) is 37.4 Å². The van der Waals surface area contributed by atoms with Crippen LogP contribution in [0.15, 0.2) is 30.3 Å². The summed E-state index contributed by atoms with van der Waals surface area (Å²) in [5, 5.41) is 37.2. The number of alkyl carbamates (subject to hydrolysis) is 1. The minimum Gasteiger partial charge on any atom is -0.481 e. The van der Waals surface area contributed by atoms with E-state index in [9.17, 15) is 43.1 Å². The second-order valence-corrected chi connectivity index (χ2v) is 10.0. The molecular formula is C28H39FN4O11. The molecule has 44 heavy (non-hydrogen) atoms. The summed E-state index contributed by atoms with van der Waals surface area (Å²) >= 11 is 0. The highest BCUT2D eigenvalue weighted by molar-refractivity contribution is 5.97. The van der Waals surface area contributed by atoms with Gasteiger partial charge in [-0.1, -0.05) is 50.6 Å². The molecule has 0 bridgehead atoms. The number of halogens is 1. The Balaban J connectivity index is 3.09. The van der Waals surface area contributed by atoms with Crippen molar-refractivity contribution in [1.82, 2.24) is 21.3 Å². The Morgan fingerprint density at radius 3 is 1.93 bits per heavy atom. The highest BCUT2D eigenvalue weighted by Gasteiger charge is 2.35. The lowest BCUT2D eigenvalue weighted by atomic mass is 9.97. The van der Waals surface area contributed by atoms with E-state index in [1.54, 1.807) is 44.2 Å². The van der Waals surface area contributed by atoms with Gasteiger partial charge in [-0.25, -0.2) is 9.18 Å². The van der Waals surface area contributed by atoms with Crippen molar-refractivity contribution in [2.45, 2.75) is 83.3 Å². The first kappa shape index (κ1) is 37.4. The Hall–Kier alpha value is -4.60. The van der Waals surface area contributed by atoms with E-state index in [4.69, 9.17) is 14.9 Å². The summed E-state index contributed by atoms with van der Waals surface area (Å²) in [5.41, 5.74) is 0.692. The van der Waals surface area contributed by atoms with Gasteiger partial charge >= 0.3 is 18.0 Å². The monoisotopic (exact) mass is 626 g/mol. The molecule has 1 aromatic rings. The van der Waals surface area contributed by atoms with E-state index in [0.29, 0.717) is 12.0 Å². The number of amides is 4. The van der Waals surface area contributed by atoms with Crippen LogP contribution in [0.1, 0.15) is 52.0 Å². The molecule has 16 heteroatoms. The molecule has 6 atom stereocenters. The average Bonchev–Trinajstić information content (AvgIpc) is 2.98. The van der Waals surface area contributed by atoms with Gasteiger partial charge in [-0.15, -0.1) is 0 Å². The van der Waals surface area contributed by atoms with E-state index in [2.05, 4.69) is 16.0 Å². The van der Waals surface area contributed by atoms with Crippen molar-refractivity contribution >= 4 is 41.5 Å². The Kier molecular flexibility index (Phi) is 16.0. The van der Waals surface area contributed by atoms with E-state index in [0.717, 1.165) is 6.92 Å². The van der Waals surface area contributed by atoms with Gasteiger partial charge in [0.15, 0.2) is 5.78 Å². The Morgan fingerprint density at radius 2 is 1.41 bits per heavy atom. The number of nitrogens with one attached hydrogen (secondary N) is 4. The molecule has 0 heterocycles. The van der Waals surface area contributed by atoms with Crippen LogP contribution >= 0.6 is 0 Å². The van der Waals surface area contributed by atoms with Gasteiger partial charge in [0, 0.05) is 6.42 Å². The molecule has 0 radical (unpaired) electrons. The highest BCUT2D eigenvalue weighted by Crippen LogP contribution is 2.11. The minimum atomic E-state index is -1.81. The molecule has 0 aromatic heterocycles. The van der Waals surface area contributed by atoms with Crippen LogP contribution in [0.2, 0.25) is 0 Å². The van der Waals surface area contributed by atoms with Crippen molar-refractivity contribution in [2.75, 3.05) is 6.67 Å². The smallest absolute Gasteiger partial charge is 0.408 e. The van der Waals surface area contributed by atoms with Crippen molar-refractivity contribution in [3.63, 3.8) is 0 Å². The van der Waals surface area contributed by atoms with E-state index in [-0.39, 0.29) is 6.61 Å². The highest BCUT2D eigenvalue weighted by atomic mass is 19.1. The number of rotatable bonds is 19. The fourth-order valence-corrected chi connectivity index (χ4v) is 3.83. The molecule has 0 saturated carbocycles. The van der Waals surface area contributed by atoms with Crippen LogP contribution in [-0.2, 0) is 40.1 Å². The number of ketones is 1. The maximum absolute atomic E-state index is 13.3. The van der Waals surface area contributed by atoms with Gasteiger partial charge in [0.05, 0.1) is 12.5 Å². The number of aliphatic hydroxyl groups excluding tert-OH is 1. The zero-order chi connectivity index (χ0) is 33.4. The zero-order valence-electron chi connectivity index (χ0n) is 24.6. The summed E-state index contributed by atoms with van der Waals surface area (Å²) in [6, 6.07) is 2.32. The number of carboxylic acid groups (broad SMARTS) is 2. The molecule has 0 spiro atoms. The maximum Gasteiger partial charge on any atom is 0.408 e. The Bertz CT molecular complexity index is 1170. The molecule has 0 unspecified atom stereocenters. The summed E-state index contributed by atoms with van der Waals surface area (Å²) in [4.78, 5) is 85.7. The summed E-state index contributed by atoms with van der Waals surface area (Å²) in [6.45, 7) is 2.81. The van der Waals surface area contributed by atoms with Gasteiger partial charge in [-0.2, -0.15) is 0 Å². The van der Waals surface area contributed by atoms with E-state index in [1.807, 2.05) is 5.32 Å². The third-order valence-corrected chi connectivity index (χ3v) is 6.54. The standard InChI is InChI=1S/C28H39FN4O11/c1-4-15(2)23(33-28(43)44-14-17-8-6-5-7-9-17)26(41)30-18(10-11-21(36)37)25(40)32-24(16(3)34)27(42)31-19(12-22(38)39)20(35)13-29/h5-9,15-16,18-19,23-24,34H,4,10-14H2,1-3H3,(H,30,41)(H,31,42)(H,32,40)(H,33,43)(H,36,37)(H,38,39)/t15-,16+,18-,19-,23-,24-/m0/s1. The number of aliphatic hydroxyl groups is 1. The first-order valence-corrected chi connectivity index (χ1v) is 13.8. The van der Waals surface area contributed by atoms with Crippen molar-refractivity contribution in [1.29, 1.82) is 0 Å². The molecule has 0 aliphatic carbocycles. The summed E-state index contributed by atoms with van der Waals surface area (Å²) in [7, 11) is 0. The van der Waals surface area contributed by atoms with Crippen molar-refractivity contribution in [2.24, 2.45) is 5.92 Å². The van der Waals surface area contributed by atoms with Crippen molar-refractivity contribution in [3.8, 4) is 0 Å². The molecule has 7 N–H and O–H groups in total. The van der Waals surface area contributed by atoms with E-state index < -0.39 is 104 Å². The van der Waals surface area contributed by atoms with Crippen LogP contribution < -0.4 is 21.3 Å². The summed E-state index contributed by atoms with van der Waals surface area (Å²) in [6.07, 6.45) is -4.18. The maximum atomic E-state index is 13.3. The van der Waals surface area contributed by atoms with Gasteiger partial charge in [0.2, 0.25) is 17.7 Å². The minimum absolute atomic E-state index is 0.0851. The first-order valence-electron chi connectivity index (χ1n) is 13.8. The molecule has 0 saturated heterocycles. The second-order valence-electron chi connectivity index (χ2n) is 10.0. The van der Waals surface area contributed by atoms with Gasteiger partial charge < -0.3 is 41.3 Å². The molecule has 4 amide bonds. The topological polar surface area (TPSA) is 238 Å². The molecule has 1 aromatic carbocycles. The number of carboxylic acids is 2. The number of benzene rings is 1. The van der Waals surface area contributed by atoms with Gasteiger partial charge in [-0.3, -0.25) is 28.8 Å². The lowest BCUT2D eigenvalue weighted by Gasteiger charge is -2.28. The summed E-state index contributed by atoms with van der Waals surface area (Å²) in [5.74, 6) is -7.78. The number of carbonyl (C=O) groups excluding carboxylic acids is 5. The largest absolute Gasteiger partial charge is 0.481 e. The fraction of sp³-hybridized carbons (Fsp3) is 0.536. The second kappa shape index (κ2) is 18.8. The van der Waals surface area contributed by atoms with E-state index in [1.165, 1.54) is 0 Å². The van der Waals surface area contributed by atoms with Crippen LogP contribution in [0.3, 0.4) is 0 Å². The zero-order valence-corrected chi connectivity index (χ0v) is 24.6. The third kappa shape index (κ3) is 13.1. The Labute approximate surface area is 252 Å². The van der Waals surface area contributed by atoms with Crippen LogP contribution in [0.4, 0.5) is 9.18 Å². The quantitative estimate of drug-likeness (QED) is 0.108. The number of hydrogen-bond acceptors (Lipinski definition) is 9. The van der Waals surface area contributed by atoms with Gasteiger partial charge in [0.25, 0.3) is 0 Å². The van der Waals surface area contributed by atoms with Gasteiger partial charge in [-0.05, 0) is 24.8 Å². The first-order chi connectivity index (χ1) is 20.7. The normalized spacial score (nSPS) is 14.8. The predicted molar refractivity (Wildman–Crippen MR) is 151 cm³/mol. The molecule has 244 valence electrons. The number of alkyl halides is 1. The molecular weight excluding hydrogens is 587 g/mol. The number of carbonyl (C=O) groups is 7. The number of aliphatic carboxylic acids is 2. The molecule has 0 fully saturated rings.